The zero-order valence-corrected chi connectivity index (χ0v) is 11.2. The molecule has 0 bridgehead atoms. The van der Waals surface area contributed by atoms with Crippen LogP contribution in [0.3, 0.4) is 0 Å². The van der Waals surface area contributed by atoms with Crippen molar-refractivity contribution >= 4 is 15.7 Å². The van der Waals surface area contributed by atoms with E-state index in [2.05, 4.69) is 6.92 Å². The first-order valence-corrected chi connectivity index (χ1v) is 8.29. The second kappa shape index (κ2) is 4.96. The number of nitrogens with zero attached hydrogens (tertiary/aromatic N) is 1. The summed E-state index contributed by atoms with van der Waals surface area (Å²) in [5, 5.41) is 0. The first-order valence-electron chi connectivity index (χ1n) is 6.47. The molecule has 0 radical (unpaired) electrons. The van der Waals surface area contributed by atoms with Crippen molar-refractivity contribution in [3.63, 3.8) is 0 Å². The highest BCUT2D eigenvalue weighted by Crippen LogP contribution is 2.24. The monoisotopic (exact) mass is 259 g/mol. The van der Waals surface area contributed by atoms with Crippen molar-refractivity contribution in [2.45, 2.75) is 32.6 Å². The standard InChI is InChI=1S/C12H21NO3S/c1-10-2-6-13(7-3-10)12(14)11-4-8-17(15,16)9-5-11/h10-11H,2-9H2,1H3. The van der Waals surface area contributed by atoms with Crippen LogP contribution in [0.25, 0.3) is 0 Å². The van der Waals surface area contributed by atoms with Crippen LogP contribution >= 0.6 is 0 Å². The molecule has 98 valence electrons. The van der Waals surface area contributed by atoms with E-state index in [4.69, 9.17) is 0 Å². The van der Waals surface area contributed by atoms with Crippen LogP contribution in [0.2, 0.25) is 0 Å². The average Bonchev–Trinajstić information content (AvgIpc) is 2.29. The Kier molecular flexibility index (Phi) is 3.76. The number of amides is 1. The lowest BCUT2D eigenvalue weighted by Gasteiger charge is -2.34. The topological polar surface area (TPSA) is 54.5 Å². The number of hydrogen-bond acceptors (Lipinski definition) is 3. The number of rotatable bonds is 1. The van der Waals surface area contributed by atoms with Crippen molar-refractivity contribution in [2.24, 2.45) is 11.8 Å². The Balaban J connectivity index is 1.88. The minimum absolute atomic E-state index is 0.0491. The van der Waals surface area contributed by atoms with Gasteiger partial charge in [-0.1, -0.05) is 6.92 Å². The van der Waals surface area contributed by atoms with Crippen molar-refractivity contribution in [1.29, 1.82) is 0 Å². The average molecular weight is 259 g/mol. The van der Waals surface area contributed by atoms with Crippen molar-refractivity contribution in [1.82, 2.24) is 4.90 Å². The van der Waals surface area contributed by atoms with E-state index in [1.54, 1.807) is 0 Å². The fourth-order valence-electron chi connectivity index (χ4n) is 2.62. The summed E-state index contributed by atoms with van der Waals surface area (Å²) in [6, 6.07) is 0. The van der Waals surface area contributed by atoms with Gasteiger partial charge in [0.1, 0.15) is 9.84 Å². The van der Waals surface area contributed by atoms with E-state index in [1.165, 1.54) is 0 Å². The maximum absolute atomic E-state index is 12.2. The molecule has 5 heteroatoms. The predicted octanol–water partition coefficient (Wildman–Crippen LogP) is 1.07. The molecule has 2 aliphatic heterocycles. The smallest absolute Gasteiger partial charge is 0.225 e. The van der Waals surface area contributed by atoms with Gasteiger partial charge in [-0.2, -0.15) is 0 Å². The van der Waals surface area contributed by atoms with Crippen LogP contribution in [0, 0.1) is 11.8 Å². The summed E-state index contributed by atoms with van der Waals surface area (Å²) < 4.78 is 22.6. The largest absolute Gasteiger partial charge is 0.342 e. The molecule has 17 heavy (non-hydrogen) atoms. The van der Waals surface area contributed by atoms with Crippen molar-refractivity contribution < 1.29 is 13.2 Å². The quantitative estimate of drug-likeness (QED) is 0.708. The number of piperidine rings is 1. The molecule has 4 nitrogen and oxygen atoms in total. The lowest BCUT2D eigenvalue weighted by atomic mass is 9.95. The van der Waals surface area contributed by atoms with E-state index >= 15 is 0 Å². The molecule has 2 rings (SSSR count). The molecule has 0 saturated carbocycles. The second-order valence-corrected chi connectivity index (χ2v) is 7.74. The molecule has 0 N–H and O–H groups in total. The van der Waals surface area contributed by atoms with E-state index < -0.39 is 9.84 Å². The summed E-state index contributed by atoms with van der Waals surface area (Å²) in [5.41, 5.74) is 0. The third kappa shape index (κ3) is 3.21. The van der Waals surface area contributed by atoms with Crippen LogP contribution in [-0.4, -0.2) is 43.8 Å². The maximum Gasteiger partial charge on any atom is 0.225 e. The number of carbonyl (C=O) groups excluding carboxylic acids is 1. The number of hydrogen-bond donors (Lipinski definition) is 0. The molecule has 2 heterocycles. The van der Waals surface area contributed by atoms with Crippen LogP contribution in [0.15, 0.2) is 0 Å². The van der Waals surface area contributed by atoms with Crippen LogP contribution in [0.4, 0.5) is 0 Å². The SMILES string of the molecule is CC1CCN(C(=O)C2CCS(=O)(=O)CC2)CC1. The second-order valence-electron chi connectivity index (χ2n) is 5.43. The minimum Gasteiger partial charge on any atom is -0.342 e. The molecule has 0 spiro atoms. The van der Waals surface area contributed by atoms with E-state index in [0.717, 1.165) is 25.9 Å². The summed E-state index contributed by atoms with van der Waals surface area (Å²) in [4.78, 5) is 14.1. The van der Waals surface area contributed by atoms with Gasteiger partial charge < -0.3 is 4.90 Å². The molecular weight excluding hydrogens is 238 g/mol. The van der Waals surface area contributed by atoms with Crippen LogP contribution in [0.1, 0.15) is 32.6 Å². The molecule has 0 unspecified atom stereocenters. The van der Waals surface area contributed by atoms with Crippen LogP contribution in [-0.2, 0) is 14.6 Å². The van der Waals surface area contributed by atoms with Gasteiger partial charge in [0.05, 0.1) is 11.5 Å². The van der Waals surface area contributed by atoms with Crippen molar-refractivity contribution in [2.75, 3.05) is 24.6 Å². The number of carbonyl (C=O) groups is 1. The zero-order chi connectivity index (χ0) is 12.5. The molecule has 0 aromatic rings. The van der Waals surface area contributed by atoms with Gasteiger partial charge in [0.2, 0.25) is 5.91 Å². The first-order chi connectivity index (χ1) is 7.98. The number of sulfone groups is 1. The van der Waals surface area contributed by atoms with Gasteiger partial charge in [-0.3, -0.25) is 4.79 Å². The third-order valence-electron chi connectivity index (χ3n) is 4.00. The van der Waals surface area contributed by atoms with Crippen LogP contribution in [0.5, 0.6) is 0 Å². The van der Waals surface area contributed by atoms with Crippen molar-refractivity contribution in [3.8, 4) is 0 Å². The fraction of sp³-hybridized carbons (Fsp3) is 0.917. The Morgan fingerprint density at radius 1 is 1.06 bits per heavy atom. The van der Waals surface area contributed by atoms with Gasteiger partial charge in [-0.25, -0.2) is 8.42 Å². The molecular formula is C12H21NO3S. The molecule has 2 fully saturated rings. The first kappa shape index (κ1) is 12.9. The lowest BCUT2D eigenvalue weighted by molar-refractivity contribution is -0.137. The predicted molar refractivity (Wildman–Crippen MR) is 66.4 cm³/mol. The normalized spacial score (nSPS) is 27.0. The fourth-order valence-corrected chi connectivity index (χ4v) is 4.12. The highest BCUT2D eigenvalue weighted by Gasteiger charge is 2.32. The van der Waals surface area contributed by atoms with Gasteiger partial charge in [0.15, 0.2) is 0 Å². The molecule has 0 aromatic heterocycles. The molecule has 2 aliphatic rings. The Hall–Kier alpha value is -0.580. The Bertz CT molecular complexity index is 369. The van der Waals surface area contributed by atoms with E-state index in [0.29, 0.717) is 18.8 Å². The van der Waals surface area contributed by atoms with E-state index in [1.807, 2.05) is 4.90 Å². The Morgan fingerprint density at radius 2 is 1.59 bits per heavy atom. The zero-order valence-electron chi connectivity index (χ0n) is 10.4. The van der Waals surface area contributed by atoms with Gasteiger partial charge in [-0.15, -0.1) is 0 Å². The van der Waals surface area contributed by atoms with Gasteiger partial charge in [0.25, 0.3) is 0 Å². The summed E-state index contributed by atoms with van der Waals surface area (Å²) >= 11 is 0. The van der Waals surface area contributed by atoms with Gasteiger partial charge in [0, 0.05) is 19.0 Å². The molecule has 0 atom stereocenters. The van der Waals surface area contributed by atoms with Crippen LogP contribution < -0.4 is 0 Å². The van der Waals surface area contributed by atoms with E-state index in [9.17, 15) is 13.2 Å². The molecule has 0 aliphatic carbocycles. The highest BCUT2D eigenvalue weighted by molar-refractivity contribution is 7.91. The Labute approximate surface area is 103 Å². The lowest BCUT2D eigenvalue weighted by Crippen LogP contribution is -2.43. The summed E-state index contributed by atoms with van der Waals surface area (Å²) in [6.45, 7) is 3.92. The summed E-state index contributed by atoms with van der Waals surface area (Å²) in [7, 11) is -2.86. The van der Waals surface area contributed by atoms with Gasteiger partial charge >= 0.3 is 0 Å². The third-order valence-corrected chi connectivity index (χ3v) is 5.71. The molecule has 2 saturated heterocycles. The number of likely N-dealkylation sites (tertiary alicyclic amines) is 1. The molecule has 0 aromatic carbocycles. The maximum atomic E-state index is 12.2. The highest BCUT2D eigenvalue weighted by atomic mass is 32.2. The van der Waals surface area contributed by atoms with Gasteiger partial charge in [-0.05, 0) is 31.6 Å². The minimum atomic E-state index is -2.86. The van der Waals surface area contributed by atoms with Crippen molar-refractivity contribution in [3.05, 3.63) is 0 Å². The Morgan fingerprint density at radius 3 is 2.12 bits per heavy atom. The van der Waals surface area contributed by atoms with E-state index in [-0.39, 0.29) is 23.3 Å². The molecule has 1 amide bonds. The summed E-state index contributed by atoms with van der Waals surface area (Å²) in [6.07, 6.45) is 3.20. The summed E-state index contributed by atoms with van der Waals surface area (Å²) in [5.74, 6) is 1.23.